The van der Waals surface area contributed by atoms with Gasteiger partial charge in [0.1, 0.15) is 0 Å². The summed E-state index contributed by atoms with van der Waals surface area (Å²) >= 11 is 0. The predicted octanol–water partition coefficient (Wildman–Crippen LogP) is 2.71. The van der Waals surface area contributed by atoms with E-state index in [2.05, 4.69) is 41.9 Å². The summed E-state index contributed by atoms with van der Waals surface area (Å²) in [6.07, 6.45) is 6.99. The topological polar surface area (TPSA) is 29.9 Å². The van der Waals surface area contributed by atoms with Crippen molar-refractivity contribution in [2.75, 3.05) is 6.54 Å². The fourth-order valence-corrected chi connectivity index (χ4v) is 2.30. The number of hydrogen-bond acceptors (Lipinski definition) is 2. The van der Waals surface area contributed by atoms with Gasteiger partial charge in [-0.1, -0.05) is 20.8 Å². The van der Waals surface area contributed by atoms with E-state index >= 15 is 0 Å². The van der Waals surface area contributed by atoms with Gasteiger partial charge in [-0.05, 0) is 38.3 Å². The van der Waals surface area contributed by atoms with Crippen molar-refractivity contribution in [3.63, 3.8) is 0 Å². The summed E-state index contributed by atoms with van der Waals surface area (Å²) in [5, 5.41) is 8.02. The van der Waals surface area contributed by atoms with Crippen LogP contribution in [0.5, 0.6) is 0 Å². The molecule has 1 heterocycles. The summed E-state index contributed by atoms with van der Waals surface area (Å²) in [6.45, 7) is 9.00. The lowest BCUT2D eigenvalue weighted by Crippen LogP contribution is -2.29. The molecular weight excluding hydrogens is 210 g/mol. The van der Waals surface area contributed by atoms with E-state index in [1.807, 2.05) is 6.20 Å². The standard InChI is InChI=1S/C14H25N3/c1-4-11-17-13(7-9-16-17)14(2,3)8-10-15-12-5-6-12/h7,9,12,15H,4-6,8,10-11H2,1-3H3. The Kier molecular flexibility index (Phi) is 3.87. The maximum Gasteiger partial charge on any atom is 0.0492 e. The van der Waals surface area contributed by atoms with E-state index in [9.17, 15) is 0 Å². The molecule has 0 unspecified atom stereocenters. The maximum atomic E-state index is 4.42. The molecule has 3 nitrogen and oxygen atoms in total. The first-order valence-electron chi connectivity index (χ1n) is 6.89. The second-order valence-corrected chi connectivity index (χ2v) is 5.80. The van der Waals surface area contributed by atoms with Gasteiger partial charge in [0.25, 0.3) is 0 Å². The predicted molar refractivity (Wildman–Crippen MR) is 71.2 cm³/mol. The third kappa shape index (κ3) is 3.32. The molecule has 2 rings (SSSR count). The van der Waals surface area contributed by atoms with E-state index in [1.54, 1.807) is 0 Å². The van der Waals surface area contributed by atoms with Crippen molar-refractivity contribution in [3.05, 3.63) is 18.0 Å². The Balaban J connectivity index is 1.93. The number of aromatic nitrogens is 2. The Morgan fingerprint density at radius 1 is 1.47 bits per heavy atom. The van der Waals surface area contributed by atoms with Crippen LogP contribution >= 0.6 is 0 Å². The van der Waals surface area contributed by atoms with E-state index in [-0.39, 0.29) is 5.41 Å². The second kappa shape index (κ2) is 5.21. The van der Waals surface area contributed by atoms with Gasteiger partial charge < -0.3 is 5.32 Å². The zero-order chi connectivity index (χ0) is 12.3. The molecule has 0 atom stereocenters. The van der Waals surface area contributed by atoms with E-state index < -0.39 is 0 Å². The number of rotatable bonds is 7. The molecule has 0 aromatic carbocycles. The third-order valence-corrected chi connectivity index (χ3v) is 3.61. The van der Waals surface area contributed by atoms with Crippen LogP contribution in [0, 0.1) is 0 Å². The molecule has 0 radical (unpaired) electrons. The van der Waals surface area contributed by atoms with Crippen LogP contribution in [-0.2, 0) is 12.0 Å². The van der Waals surface area contributed by atoms with E-state index in [1.165, 1.54) is 25.0 Å². The first-order valence-corrected chi connectivity index (χ1v) is 6.89. The molecule has 1 aliphatic rings. The summed E-state index contributed by atoms with van der Waals surface area (Å²) < 4.78 is 2.16. The van der Waals surface area contributed by atoms with Crippen LogP contribution in [-0.4, -0.2) is 22.4 Å². The summed E-state index contributed by atoms with van der Waals surface area (Å²) in [4.78, 5) is 0. The number of nitrogens with one attached hydrogen (secondary N) is 1. The molecule has 3 heteroatoms. The molecule has 0 bridgehead atoms. The highest BCUT2D eigenvalue weighted by atomic mass is 15.3. The van der Waals surface area contributed by atoms with Crippen molar-refractivity contribution in [1.82, 2.24) is 15.1 Å². The quantitative estimate of drug-likeness (QED) is 0.787. The minimum Gasteiger partial charge on any atom is -0.314 e. The first-order chi connectivity index (χ1) is 8.13. The van der Waals surface area contributed by atoms with Gasteiger partial charge in [0.15, 0.2) is 0 Å². The van der Waals surface area contributed by atoms with Gasteiger partial charge in [0.2, 0.25) is 0 Å². The third-order valence-electron chi connectivity index (χ3n) is 3.61. The molecule has 0 saturated heterocycles. The molecule has 1 aromatic heterocycles. The molecule has 1 fully saturated rings. The molecule has 17 heavy (non-hydrogen) atoms. The molecule has 1 N–H and O–H groups in total. The Bertz CT molecular complexity index is 350. The fraction of sp³-hybridized carbons (Fsp3) is 0.786. The normalized spacial score (nSPS) is 16.4. The van der Waals surface area contributed by atoms with Gasteiger partial charge in [-0.2, -0.15) is 5.10 Å². The first kappa shape index (κ1) is 12.6. The molecule has 1 saturated carbocycles. The summed E-state index contributed by atoms with van der Waals surface area (Å²) in [5.41, 5.74) is 1.59. The molecule has 0 amide bonds. The highest BCUT2D eigenvalue weighted by Crippen LogP contribution is 2.27. The van der Waals surface area contributed by atoms with E-state index in [0.717, 1.165) is 25.6 Å². The van der Waals surface area contributed by atoms with E-state index in [0.29, 0.717) is 0 Å². The lowest BCUT2D eigenvalue weighted by molar-refractivity contribution is 0.409. The van der Waals surface area contributed by atoms with Gasteiger partial charge in [0.05, 0.1) is 0 Å². The van der Waals surface area contributed by atoms with Crippen molar-refractivity contribution in [1.29, 1.82) is 0 Å². The smallest absolute Gasteiger partial charge is 0.0492 e. The van der Waals surface area contributed by atoms with Crippen molar-refractivity contribution in [2.24, 2.45) is 0 Å². The van der Waals surface area contributed by atoms with Crippen molar-refractivity contribution < 1.29 is 0 Å². The Morgan fingerprint density at radius 2 is 2.24 bits per heavy atom. The summed E-state index contributed by atoms with van der Waals surface area (Å²) in [7, 11) is 0. The average Bonchev–Trinajstić information content (AvgIpc) is 2.96. The van der Waals surface area contributed by atoms with Crippen molar-refractivity contribution >= 4 is 0 Å². The van der Waals surface area contributed by atoms with E-state index in [4.69, 9.17) is 0 Å². The number of hydrogen-bond donors (Lipinski definition) is 1. The van der Waals surface area contributed by atoms with Gasteiger partial charge >= 0.3 is 0 Å². The zero-order valence-corrected chi connectivity index (χ0v) is 11.4. The molecule has 1 aliphatic carbocycles. The van der Waals surface area contributed by atoms with Gasteiger partial charge in [-0.3, -0.25) is 4.68 Å². The fourth-order valence-electron chi connectivity index (χ4n) is 2.30. The minimum atomic E-state index is 0.216. The molecule has 0 aliphatic heterocycles. The van der Waals surface area contributed by atoms with Crippen LogP contribution in [0.2, 0.25) is 0 Å². The van der Waals surface area contributed by atoms with Crippen LogP contribution in [0.25, 0.3) is 0 Å². The molecule has 0 spiro atoms. The molecular formula is C14H25N3. The number of nitrogens with zero attached hydrogens (tertiary/aromatic N) is 2. The van der Waals surface area contributed by atoms with Gasteiger partial charge in [0, 0.05) is 29.9 Å². The summed E-state index contributed by atoms with van der Waals surface area (Å²) in [5.74, 6) is 0. The van der Waals surface area contributed by atoms with Crippen LogP contribution < -0.4 is 5.32 Å². The monoisotopic (exact) mass is 235 g/mol. The average molecular weight is 235 g/mol. The van der Waals surface area contributed by atoms with Crippen molar-refractivity contribution in [3.8, 4) is 0 Å². The van der Waals surface area contributed by atoms with Crippen LogP contribution in [0.3, 0.4) is 0 Å². The number of aryl methyl sites for hydroxylation is 1. The zero-order valence-electron chi connectivity index (χ0n) is 11.4. The SMILES string of the molecule is CCCn1nccc1C(C)(C)CCNC1CC1. The highest BCUT2D eigenvalue weighted by molar-refractivity contribution is 5.13. The summed E-state index contributed by atoms with van der Waals surface area (Å²) in [6, 6.07) is 2.98. The lowest BCUT2D eigenvalue weighted by Gasteiger charge is -2.26. The lowest BCUT2D eigenvalue weighted by atomic mass is 9.85. The largest absolute Gasteiger partial charge is 0.314 e. The second-order valence-electron chi connectivity index (χ2n) is 5.80. The van der Waals surface area contributed by atoms with Gasteiger partial charge in [-0.25, -0.2) is 0 Å². The molecule has 96 valence electrons. The van der Waals surface area contributed by atoms with Crippen LogP contribution in [0.4, 0.5) is 0 Å². The Labute approximate surface area is 105 Å². The van der Waals surface area contributed by atoms with Crippen molar-refractivity contribution in [2.45, 2.75) is 64.5 Å². The highest BCUT2D eigenvalue weighted by Gasteiger charge is 2.26. The Hall–Kier alpha value is -0.830. The maximum absolute atomic E-state index is 4.42. The van der Waals surface area contributed by atoms with Gasteiger partial charge in [-0.15, -0.1) is 0 Å². The van der Waals surface area contributed by atoms with Crippen LogP contribution in [0.15, 0.2) is 12.3 Å². The minimum absolute atomic E-state index is 0.216. The Morgan fingerprint density at radius 3 is 2.88 bits per heavy atom. The van der Waals surface area contributed by atoms with Crippen LogP contribution in [0.1, 0.15) is 52.1 Å². The molecule has 1 aromatic rings.